The van der Waals surface area contributed by atoms with Gasteiger partial charge < -0.3 is 10.6 Å². The Morgan fingerprint density at radius 3 is 2.70 bits per heavy atom. The second-order valence-electron chi connectivity index (χ2n) is 6.96. The van der Waals surface area contributed by atoms with Crippen molar-refractivity contribution in [2.75, 3.05) is 11.9 Å². The predicted molar refractivity (Wildman–Crippen MR) is 95.0 cm³/mol. The van der Waals surface area contributed by atoms with Crippen molar-refractivity contribution in [2.45, 2.75) is 45.6 Å². The van der Waals surface area contributed by atoms with Crippen LogP contribution < -0.4 is 10.6 Å². The van der Waals surface area contributed by atoms with Gasteiger partial charge in [-0.1, -0.05) is 32.9 Å². The van der Waals surface area contributed by atoms with Gasteiger partial charge in [0.05, 0.1) is 12.1 Å². The van der Waals surface area contributed by atoms with Gasteiger partial charge in [0.1, 0.15) is 5.01 Å². The Morgan fingerprint density at radius 2 is 2.04 bits per heavy atom. The molecule has 0 fully saturated rings. The van der Waals surface area contributed by atoms with Gasteiger partial charge in [0.25, 0.3) is 0 Å². The molecule has 5 heteroatoms. The third-order valence-electron chi connectivity index (χ3n) is 3.99. The summed E-state index contributed by atoms with van der Waals surface area (Å²) in [4.78, 5) is 18.1. The molecule has 1 aromatic heterocycles. The minimum Gasteiger partial charge on any atom is -0.326 e. The average molecular weight is 329 g/mol. The Balaban J connectivity index is 1.62. The number of anilines is 1. The first-order chi connectivity index (χ1) is 10.9. The van der Waals surface area contributed by atoms with Gasteiger partial charge in [-0.2, -0.15) is 0 Å². The maximum Gasteiger partial charge on any atom is 0.231 e. The Kier molecular flexibility index (Phi) is 4.50. The van der Waals surface area contributed by atoms with E-state index in [9.17, 15) is 4.79 Å². The van der Waals surface area contributed by atoms with Gasteiger partial charge in [-0.05, 0) is 23.1 Å². The number of rotatable bonds is 3. The van der Waals surface area contributed by atoms with Crippen LogP contribution in [-0.4, -0.2) is 17.4 Å². The SMILES string of the molecule is CC(C)(C)c1ccc(NC(=O)Cc2nc3c(s2)CNCC3)cc1. The highest BCUT2D eigenvalue weighted by atomic mass is 32.1. The van der Waals surface area contributed by atoms with Crippen molar-refractivity contribution in [3.8, 4) is 0 Å². The van der Waals surface area contributed by atoms with E-state index < -0.39 is 0 Å². The normalized spacial score (nSPS) is 14.4. The largest absolute Gasteiger partial charge is 0.326 e. The summed E-state index contributed by atoms with van der Waals surface area (Å²) in [5, 5.41) is 7.20. The summed E-state index contributed by atoms with van der Waals surface area (Å²) >= 11 is 1.65. The number of carbonyl (C=O) groups is 1. The molecule has 0 bridgehead atoms. The van der Waals surface area contributed by atoms with E-state index in [0.29, 0.717) is 6.42 Å². The molecule has 0 atom stereocenters. The maximum atomic E-state index is 12.2. The van der Waals surface area contributed by atoms with E-state index >= 15 is 0 Å². The van der Waals surface area contributed by atoms with E-state index in [1.807, 2.05) is 12.1 Å². The summed E-state index contributed by atoms with van der Waals surface area (Å²) in [5.41, 5.74) is 3.38. The van der Waals surface area contributed by atoms with E-state index in [0.717, 1.165) is 35.9 Å². The van der Waals surface area contributed by atoms with Crippen LogP contribution in [0.1, 0.15) is 41.9 Å². The minimum atomic E-state index is -0.00688. The number of carbonyl (C=O) groups excluding carboxylic acids is 1. The van der Waals surface area contributed by atoms with Crippen LogP contribution in [-0.2, 0) is 29.6 Å². The summed E-state index contributed by atoms with van der Waals surface area (Å²) in [5.74, 6) is -0.00688. The number of nitrogens with one attached hydrogen (secondary N) is 2. The van der Waals surface area contributed by atoms with Crippen LogP contribution in [0.2, 0.25) is 0 Å². The average Bonchev–Trinajstić information content (AvgIpc) is 2.88. The van der Waals surface area contributed by atoms with E-state index in [-0.39, 0.29) is 11.3 Å². The molecular formula is C18H23N3OS. The van der Waals surface area contributed by atoms with Gasteiger partial charge in [0, 0.05) is 30.1 Å². The monoisotopic (exact) mass is 329 g/mol. The van der Waals surface area contributed by atoms with E-state index in [1.165, 1.54) is 10.4 Å². The van der Waals surface area contributed by atoms with Crippen molar-refractivity contribution < 1.29 is 4.79 Å². The van der Waals surface area contributed by atoms with Crippen LogP contribution in [0.3, 0.4) is 0 Å². The standard InChI is InChI=1S/C18H23N3OS/c1-18(2,3)12-4-6-13(7-5-12)20-16(22)10-17-21-14-8-9-19-11-15(14)23-17/h4-7,19H,8-11H2,1-3H3,(H,20,22). The number of hydrogen-bond acceptors (Lipinski definition) is 4. The number of thiazole rings is 1. The number of aromatic nitrogens is 1. The predicted octanol–water partition coefficient (Wildman–Crippen LogP) is 3.27. The molecule has 0 unspecified atom stereocenters. The number of amides is 1. The van der Waals surface area contributed by atoms with Crippen LogP contribution in [0.15, 0.2) is 24.3 Å². The molecule has 122 valence electrons. The molecule has 2 N–H and O–H groups in total. The Hall–Kier alpha value is -1.72. The van der Waals surface area contributed by atoms with Crippen molar-refractivity contribution in [3.63, 3.8) is 0 Å². The highest BCUT2D eigenvalue weighted by Gasteiger charge is 2.17. The summed E-state index contributed by atoms with van der Waals surface area (Å²) < 4.78 is 0. The summed E-state index contributed by atoms with van der Waals surface area (Å²) in [6, 6.07) is 8.08. The molecule has 1 amide bonds. The van der Waals surface area contributed by atoms with Crippen molar-refractivity contribution in [1.29, 1.82) is 0 Å². The van der Waals surface area contributed by atoms with E-state index in [2.05, 4.69) is 48.5 Å². The zero-order chi connectivity index (χ0) is 16.4. The fourth-order valence-corrected chi connectivity index (χ4v) is 3.73. The van der Waals surface area contributed by atoms with Gasteiger partial charge >= 0.3 is 0 Å². The van der Waals surface area contributed by atoms with Gasteiger partial charge in [-0.15, -0.1) is 11.3 Å². The lowest BCUT2D eigenvalue weighted by Gasteiger charge is -2.19. The number of benzene rings is 1. The molecule has 0 saturated carbocycles. The Labute approximate surface area is 141 Å². The van der Waals surface area contributed by atoms with Crippen molar-refractivity contribution in [2.24, 2.45) is 0 Å². The number of fused-ring (bicyclic) bond motifs is 1. The van der Waals surface area contributed by atoms with Gasteiger partial charge in [0.15, 0.2) is 0 Å². The van der Waals surface area contributed by atoms with Gasteiger partial charge in [-0.25, -0.2) is 4.98 Å². The second kappa shape index (κ2) is 6.42. The lowest BCUT2D eigenvalue weighted by molar-refractivity contribution is -0.115. The highest BCUT2D eigenvalue weighted by molar-refractivity contribution is 7.11. The summed E-state index contributed by atoms with van der Waals surface area (Å²) in [6.07, 6.45) is 1.31. The third kappa shape index (κ3) is 3.98. The molecule has 0 radical (unpaired) electrons. The van der Waals surface area contributed by atoms with E-state index in [1.54, 1.807) is 11.3 Å². The minimum absolute atomic E-state index is 0.00688. The Bertz CT molecular complexity index is 675. The molecule has 2 aromatic rings. The van der Waals surface area contributed by atoms with Crippen LogP contribution in [0.4, 0.5) is 5.69 Å². The molecule has 1 aliphatic heterocycles. The first-order valence-electron chi connectivity index (χ1n) is 8.00. The Morgan fingerprint density at radius 1 is 1.30 bits per heavy atom. The van der Waals surface area contributed by atoms with Crippen LogP contribution in [0.5, 0.6) is 0 Å². The lowest BCUT2D eigenvalue weighted by Crippen LogP contribution is -2.22. The van der Waals surface area contributed by atoms with Crippen LogP contribution in [0.25, 0.3) is 0 Å². The fourth-order valence-electron chi connectivity index (χ4n) is 2.65. The zero-order valence-corrected chi connectivity index (χ0v) is 14.7. The second-order valence-corrected chi connectivity index (χ2v) is 8.12. The summed E-state index contributed by atoms with van der Waals surface area (Å²) in [7, 11) is 0. The fraction of sp³-hybridized carbons (Fsp3) is 0.444. The van der Waals surface area contributed by atoms with Crippen molar-refractivity contribution in [1.82, 2.24) is 10.3 Å². The molecule has 0 saturated heterocycles. The maximum absolute atomic E-state index is 12.2. The summed E-state index contributed by atoms with van der Waals surface area (Å²) in [6.45, 7) is 8.39. The molecule has 0 spiro atoms. The highest BCUT2D eigenvalue weighted by Crippen LogP contribution is 2.24. The van der Waals surface area contributed by atoms with Crippen molar-refractivity contribution in [3.05, 3.63) is 45.4 Å². The quantitative estimate of drug-likeness (QED) is 0.909. The molecule has 4 nitrogen and oxygen atoms in total. The molecule has 2 heterocycles. The van der Waals surface area contributed by atoms with Crippen LogP contribution >= 0.6 is 11.3 Å². The molecule has 0 aliphatic carbocycles. The number of nitrogens with zero attached hydrogens (tertiary/aromatic N) is 1. The molecule has 3 rings (SSSR count). The first kappa shape index (κ1) is 16.1. The van der Waals surface area contributed by atoms with Gasteiger partial charge in [0.2, 0.25) is 5.91 Å². The molecule has 1 aliphatic rings. The zero-order valence-electron chi connectivity index (χ0n) is 13.9. The lowest BCUT2D eigenvalue weighted by atomic mass is 9.87. The van der Waals surface area contributed by atoms with E-state index in [4.69, 9.17) is 0 Å². The molecule has 23 heavy (non-hydrogen) atoms. The smallest absolute Gasteiger partial charge is 0.231 e. The molecular weight excluding hydrogens is 306 g/mol. The molecule has 1 aromatic carbocycles. The topological polar surface area (TPSA) is 54.0 Å². The first-order valence-corrected chi connectivity index (χ1v) is 8.82. The van der Waals surface area contributed by atoms with Gasteiger partial charge in [-0.3, -0.25) is 4.79 Å². The third-order valence-corrected chi connectivity index (χ3v) is 5.09. The van der Waals surface area contributed by atoms with Crippen molar-refractivity contribution >= 4 is 22.9 Å². The number of hydrogen-bond donors (Lipinski definition) is 2. The van der Waals surface area contributed by atoms with Crippen LogP contribution in [0, 0.1) is 0 Å².